The van der Waals surface area contributed by atoms with Gasteiger partial charge in [-0.2, -0.15) is 0 Å². The first kappa shape index (κ1) is 12.1. The van der Waals surface area contributed by atoms with Crippen LogP contribution in [0, 0.1) is 0 Å². The van der Waals surface area contributed by atoms with Crippen LogP contribution in [0.3, 0.4) is 0 Å². The maximum absolute atomic E-state index is 6.05. The number of aromatic amines is 1. The lowest BCUT2D eigenvalue weighted by Gasteiger charge is -2.09. The highest BCUT2D eigenvalue weighted by atomic mass is 79.9. The summed E-state index contributed by atoms with van der Waals surface area (Å²) in [6.07, 6.45) is 4.39. The first-order valence-corrected chi connectivity index (χ1v) is 6.83. The van der Waals surface area contributed by atoms with E-state index in [1.807, 2.05) is 24.4 Å². The van der Waals surface area contributed by atoms with Crippen molar-refractivity contribution in [2.75, 3.05) is 0 Å². The summed E-state index contributed by atoms with van der Waals surface area (Å²) >= 11 is 13.1. The normalized spacial score (nSPS) is 12.7. The van der Waals surface area contributed by atoms with Gasteiger partial charge in [0.05, 0.1) is 5.02 Å². The fourth-order valence-corrected chi connectivity index (χ4v) is 2.43. The van der Waals surface area contributed by atoms with Gasteiger partial charge in [0.1, 0.15) is 5.82 Å². The quantitative estimate of drug-likeness (QED) is 0.798. The first-order chi connectivity index (χ1) is 7.66. The van der Waals surface area contributed by atoms with E-state index < -0.39 is 0 Å². The zero-order chi connectivity index (χ0) is 11.5. The van der Waals surface area contributed by atoms with Gasteiger partial charge in [-0.15, -0.1) is 0 Å². The molecule has 2 rings (SSSR count). The van der Waals surface area contributed by atoms with Gasteiger partial charge in [-0.05, 0) is 33.6 Å². The van der Waals surface area contributed by atoms with Gasteiger partial charge in [-0.3, -0.25) is 0 Å². The molecular formula is C11H9Br2ClN2. The first-order valence-electron chi connectivity index (χ1n) is 4.74. The van der Waals surface area contributed by atoms with E-state index in [9.17, 15) is 0 Å². The number of benzene rings is 1. The van der Waals surface area contributed by atoms with Crippen molar-refractivity contribution < 1.29 is 0 Å². The van der Waals surface area contributed by atoms with Crippen molar-refractivity contribution in [3.05, 3.63) is 51.5 Å². The number of H-pyrrole nitrogens is 1. The SMILES string of the molecule is Clc1cc(C(Br)Cc2ncc[nH]2)ccc1Br. The molecule has 0 aliphatic rings. The van der Waals surface area contributed by atoms with Crippen LogP contribution in [0.2, 0.25) is 5.02 Å². The van der Waals surface area contributed by atoms with Crippen molar-refractivity contribution >= 4 is 43.5 Å². The standard InChI is InChI=1S/C11H9Br2ClN2/c12-8-2-1-7(5-10(8)14)9(13)6-11-15-3-4-16-11/h1-5,9H,6H2,(H,15,16). The second kappa shape index (κ2) is 5.34. The fourth-order valence-electron chi connectivity index (χ4n) is 1.40. The number of rotatable bonds is 3. The third kappa shape index (κ3) is 2.87. The summed E-state index contributed by atoms with van der Waals surface area (Å²) < 4.78 is 0.913. The molecule has 2 nitrogen and oxygen atoms in total. The predicted octanol–water partition coefficient (Wildman–Crippen LogP) is 4.50. The molecule has 0 aliphatic carbocycles. The molecule has 2 aromatic rings. The summed E-state index contributed by atoms with van der Waals surface area (Å²) in [7, 11) is 0. The number of nitrogens with zero attached hydrogens (tertiary/aromatic N) is 1. The van der Waals surface area contributed by atoms with E-state index in [-0.39, 0.29) is 4.83 Å². The van der Waals surface area contributed by atoms with E-state index in [2.05, 4.69) is 41.8 Å². The number of hydrogen-bond acceptors (Lipinski definition) is 1. The lowest BCUT2D eigenvalue weighted by atomic mass is 10.1. The maximum atomic E-state index is 6.05. The average Bonchev–Trinajstić information content (AvgIpc) is 2.74. The van der Waals surface area contributed by atoms with Crippen LogP contribution in [0.1, 0.15) is 16.2 Å². The minimum Gasteiger partial charge on any atom is -0.349 e. The Morgan fingerprint density at radius 2 is 2.25 bits per heavy atom. The Labute approximate surface area is 116 Å². The minimum atomic E-state index is 0.212. The van der Waals surface area contributed by atoms with Crippen LogP contribution in [0.25, 0.3) is 0 Å². The molecule has 1 aromatic heterocycles. The number of imidazole rings is 1. The van der Waals surface area contributed by atoms with Crippen molar-refractivity contribution in [3.63, 3.8) is 0 Å². The largest absolute Gasteiger partial charge is 0.349 e. The van der Waals surface area contributed by atoms with Crippen molar-refractivity contribution in [3.8, 4) is 0 Å². The predicted molar refractivity (Wildman–Crippen MR) is 73.1 cm³/mol. The van der Waals surface area contributed by atoms with Crippen molar-refractivity contribution in [1.29, 1.82) is 0 Å². The minimum absolute atomic E-state index is 0.212. The van der Waals surface area contributed by atoms with Gasteiger partial charge in [0.25, 0.3) is 0 Å². The van der Waals surface area contributed by atoms with Gasteiger partial charge < -0.3 is 4.98 Å². The van der Waals surface area contributed by atoms with Crippen molar-refractivity contribution in [1.82, 2.24) is 9.97 Å². The summed E-state index contributed by atoms with van der Waals surface area (Å²) in [6.45, 7) is 0. The molecule has 0 aliphatic heterocycles. The molecule has 0 saturated heterocycles. The number of hydrogen-bond donors (Lipinski definition) is 1. The number of aromatic nitrogens is 2. The Kier molecular flexibility index (Phi) is 4.05. The van der Waals surface area contributed by atoms with E-state index in [0.29, 0.717) is 0 Å². The Morgan fingerprint density at radius 1 is 1.44 bits per heavy atom. The Bertz CT molecular complexity index is 471. The van der Waals surface area contributed by atoms with Crippen LogP contribution >= 0.6 is 43.5 Å². The van der Waals surface area contributed by atoms with Gasteiger partial charge in [-0.25, -0.2) is 4.98 Å². The van der Waals surface area contributed by atoms with Gasteiger partial charge in [0, 0.05) is 28.1 Å². The lowest BCUT2D eigenvalue weighted by Crippen LogP contribution is -1.97. The van der Waals surface area contributed by atoms with Crippen LogP contribution in [0.4, 0.5) is 0 Å². The molecule has 1 atom stereocenters. The molecule has 1 N–H and O–H groups in total. The third-order valence-corrected chi connectivity index (χ3v) is 4.32. The molecule has 1 unspecified atom stereocenters. The molecule has 1 aromatic carbocycles. The van der Waals surface area contributed by atoms with Gasteiger partial charge >= 0.3 is 0 Å². The summed E-state index contributed by atoms with van der Waals surface area (Å²) in [5.41, 5.74) is 1.14. The molecule has 0 saturated carbocycles. The Balaban J connectivity index is 2.14. The van der Waals surface area contributed by atoms with Crippen LogP contribution in [-0.2, 0) is 6.42 Å². The van der Waals surface area contributed by atoms with E-state index in [1.54, 1.807) is 6.20 Å². The topological polar surface area (TPSA) is 28.7 Å². The highest BCUT2D eigenvalue weighted by Crippen LogP contribution is 2.31. The summed E-state index contributed by atoms with van der Waals surface area (Å²) in [6, 6.07) is 5.94. The lowest BCUT2D eigenvalue weighted by molar-refractivity contribution is 0.876. The van der Waals surface area contributed by atoms with Crippen LogP contribution in [-0.4, -0.2) is 9.97 Å². The maximum Gasteiger partial charge on any atom is 0.107 e. The van der Waals surface area contributed by atoms with E-state index >= 15 is 0 Å². The second-order valence-electron chi connectivity index (χ2n) is 3.38. The smallest absolute Gasteiger partial charge is 0.107 e. The second-order valence-corrected chi connectivity index (χ2v) is 5.75. The molecule has 0 radical (unpaired) electrons. The molecule has 5 heteroatoms. The van der Waals surface area contributed by atoms with Gasteiger partial charge in [0.2, 0.25) is 0 Å². The van der Waals surface area contributed by atoms with Gasteiger partial charge in [0.15, 0.2) is 0 Å². The highest BCUT2D eigenvalue weighted by Gasteiger charge is 2.11. The molecule has 0 fully saturated rings. The van der Waals surface area contributed by atoms with Crippen LogP contribution in [0.15, 0.2) is 35.1 Å². The summed E-state index contributed by atoms with van der Waals surface area (Å²) in [5, 5.41) is 0.724. The molecule has 1 heterocycles. The number of nitrogens with one attached hydrogen (secondary N) is 1. The van der Waals surface area contributed by atoms with E-state index in [0.717, 1.165) is 27.3 Å². The molecular weight excluding hydrogens is 355 g/mol. The summed E-state index contributed by atoms with van der Waals surface area (Å²) in [5.74, 6) is 0.959. The molecule has 16 heavy (non-hydrogen) atoms. The number of halogens is 3. The van der Waals surface area contributed by atoms with E-state index in [1.165, 1.54) is 0 Å². The van der Waals surface area contributed by atoms with E-state index in [4.69, 9.17) is 11.6 Å². The van der Waals surface area contributed by atoms with Crippen molar-refractivity contribution in [2.24, 2.45) is 0 Å². The van der Waals surface area contributed by atoms with Crippen LogP contribution < -0.4 is 0 Å². The molecule has 0 amide bonds. The van der Waals surface area contributed by atoms with Crippen molar-refractivity contribution in [2.45, 2.75) is 11.2 Å². The number of alkyl halides is 1. The Hall–Kier alpha value is -0.320. The zero-order valence-corrected chi connectivity index (χ0v) is 12.2. The molecule has 0 bridgehead atoms. The Morgan fingerprint density at radius 3 is 2.88 bits per heavy atom. The third-order valence-electron chi connectivity index (χ3n) is 2.23. The highest BCUT2D eigenvalue weighted by molar-refractivity contribution is 9.10. The monoisotopic (exact) mass is 362 g/mol. The molecule has 0 spiro atoms. The van der Waals surface area contributed by atoms with Crippen LogP contribution in [0.5, 0.6) is 0 Å². The van der Waals surface area contributed by atoms with Gasteiger partial charge in [-0.1, -0.05) is 33.6 Å². The zero-order valence-electron chi connectivity index (χ0n) is 8.25. The average molecular weight is 364 g/mol. The molecule has 84 valence electrons. The summed E-state index contributed by atoms with van der Waals surface area (Å²) in [4.78, 5) is 7.49. The fraction of sp³-hybridized carbons (Fsp3) is 0.182.